The van der Waals surface area contributed by atoms with Gasteiger partial charge in [-0.25, -0.2) is 9.37 Å². The predicted molar refractivity (Wildman–Crippen MR) is 115 cm³/mol. The van der Waals surface area contributed by atoms with Crippen molar-refractivity contribution in [3.63, 3.8) is 0 Å². The van der Waals surface area contributed by atoms with E-state index in [0.29, 0.717) is 22.6 Å². The summed E-state index contributed by atoms with van der Waals surface area (Å²) in [4.78, 5) is 19.5. The number of fused-ring (bicyclic) bond motifs is 2. The number of halogens is 1. The number of hydrogen-bond acceptors (Lipinski definition) is 6. The Morgan fingerprint density at radius 2 is 2.00 bits per heavy atom. The van der Waals surface area contributed by atoms with Crippen LogP contribution in [0.2, 0.25) is 0 Å². The Morgan fingerprint density at radius 3 is 2.77 bits per heavy atom. The third kappa shape index (κ3) is 3.84. The summed E-state index contributed by atoms with van der Waals surface area (Å²) in [6, 6.07) is 10.2. The molecule has 0 radical (unpaired) electrons. The maximum atomic E-state index is 14.4. The number of rotatable bonds is 4. The molecule has 0 amide bonds. The molecule has 1 aliphatic rings. The van der Waals surface area contributed by atoms with E-state index in [-0.39, 0.29) is 23.6 Å². The van der Waals surface area contributed by atoms with Crippen LogP contribution in [0.15, 0.2) is 42.6 Å². The van der Waals surface area contributed by atoms with Crippen LogP contribution in [0.25, 0.3) is 0 Å². The van der Waals surface area contributed by atoms with Crippen molar-refractivity contribution in [1.29, 1.82) is 0 Å². The van der Waals surface area contributed by atoms with E-state index in [9.17, 15) is 14.3 Å². The van der Waals surface area contributed by atoms with Gasteiger partial charge in [-0.05, 0) is 55.9 Å². The van der Waals surface area contributed by atoms with Gasteiger partial charge in [0.15, 0.2) is 5.78 Å². The van der Waals surface area contributed by atoms with Gasteiger partial charge in [0.25, 0.3) is 0 Å². The summed E-state index contributed by atoms with van der Waals surface area (Å²) in [6.07, 6.45) is 1.76. The zero-order valence-corrected chi connectivity index (χ0v) is 17.1. The summed E-state index contributed by atoms with van der Waals surface area (Å²) in [6.45, 7) is 2.39. The molecule has 0 unspecified atom stereocenters. The van der Waals surface area contributed by atoms with Crippen molar-refractivity contribution in [3.8, 4) is 5.75 Å². The van der Waals surface area contributed by atoms with Crippen LogP contribution in [0.5, 0.6) is 5.75 Å². The minimum absolute atomic E-state index is 0.0238. The summed E-state index contributed by atoms with van der Waals surface area (Å²) in [5.74, 6) is -0.239. The molecule has 1 aromatic heterocycles. The number of carbonyl (C=O) groups excluding carboxylic acids is 1. The molecule has 0 aliphatic carbocycles. The monoisotopic (exact) mass is 406 g/mol. The Hall–Kier alpha value is -3.45. The second-order valence-electron chi connectivity index (χ2n) is 7.78. The molecule has 0 saturated carbocycles. The normalized spacial score (nSPS) is 12.8. The number of phenols is 1. The quantitative estimate of drug-likeness (QED) is 0.591. The fourth-order valence-corrected chi connectivity index (χ4v) is 3.61. The van der Waals surface area contributed by atoms with E-state index in [0.717, 1.165) is 23.4 Å². The topological polar surface area (TPSA) is 77.5 Å². The Bertz CT molecular complexity index is 1140. The molecule has 154 valence electrons. The largest absolute Gasteiger partial charge is 0.508 e. The second kappa shape index (κ2) is 7.76. The van der Waals surface area contributed by atoms with E-state index in [1.54, 1.807) is 19.2 Å². The fraction of sp³-hybridized carbons (Fsp3) is 0.217. The average molecular weight is 406 g/mol. The van der Waals surface area contributed by atoms with Gasteiger partial charge >= 0.3 is 0 Å². The molecule has 0 fully saturated rings. The number of pyridine rings is 1. The Labute approximate surface area is 174 Å². The zero-order chi connectivity index (χ0) is 21.4. The van der Waals surface area contributed by atoms with Crippen LogP contribution in [-0.4, -0.2) is 34.9 Å². The number of carbonyl (C=O) groups is 1. The number of hydrogen-bond donors (Lipinski definition) is 3. The van der Waals surface area contributed by atoms with Gasteiger partial charge in [0, 0.05) is 30.9 Å². The zero-order valence-electron chi connectivity index (χ0n) is 17.1. The summed E-state index contributed by atoms with van der Waals surface area (Å²) in [5, 5.41) is 16.1. The number of ketones is 1. The van der Waals surface area contributed by atoms with E-state index >= 15 is 0 Å². The minimum Gasteiger partial charge on any atom is -0.508 e. The van der Waals surface area contributed by atoms with Crippen molar-refractivity contribution in [2.24, 2.45) is 0 Å². The van der Waals surface area contributed by atoms with Gasteiger partial charge in [0.2, 0.25) is 0 Å². The molecule has 0 atom stereocenters. The van der Waals surface area contributed by atoms with Gasteiger partial charge < -0.3 is 20.6 Å². The van der Waals surface area contributed by atoms with Gasteiger partial charge in [-0.3, -0.25) is 4.79 Å². The molecule has 7 heteroatoms. The SMILES string of the molecule is Cc1cc(F)c(Nc2ccnc3c2C(=O)Cc2cc(CN(C)C)ccc2N3)cc1O. The minimum atomic E-state index is -0.512. The molecule has 6 nitrogen and oxygen atoms in total. The summed E-state index contributed by atoms with van der Waals surface area (Å²) in [7, 11) is 3.99. The highest BCUT2D eigenvalue weighted by molar-refractivity contribution is 6.09. The number of benzene rings is 2. The molecule has 2 heterocycles. The molecule has 0 spiro atoms. The molecule has 0 saturated heterocycles. The first kappa shape index (κ1) is 19.8. The molecule has 2 aromatic carbocycles. The highest BCUT2D eigenvalue weighted by atomic mass is 19.1. The van der Waals surface area contributed by atoms with Crippen molar-refractivity contribution in [2.45, 2.75) is 19.9 Å². The molecule has 3 aromatic rings. The summed E-state index contributed by atoms with van der Waals surface area (Å²) in [5.41, 5.74) is 4.16. The van der Waals surface area contributed by atoms with Gasteiger partial charge in [0.1, 0.15) is 17.4 Å². The van der Waals surface area contributed by atoms with Crippen LogP contribution in [0.3, 0.4) is 0 Å². The third-order valence-electron chi connectivity index (χ3n) is 5.06. The maximum absolute atomic E-state index is 14.4. The first-order chi connectivity index (χ1) is 14.3. The highest BCUT2D eigenvalue weighted by Gasteiger charge is 2.24. The van der Waals surface area contributed by atoms with Gasteiger partial charge in [-0.1, -0.05) is 12.1 Å². The predicted octanol–water partition coefficient (Wildman–Crippen LogP) is 4.52. The van der Waals surface area contributed by atoms with E-state index < -0.39 is 5.82 Å². The van der Waals surface area contributed by atoms with Gasteiger partial charge in [-0.15, -0.1) is 0 Å². The van der Waals surface area contributed by atoms with Crippen molar-refractivity contribution >= 4 is 28.7 Å². The van der Waals surface area contributed by atoms with Crippen molar-refractivity contribution in [1.82, 2.24) is 9.88 Å². The standard InChI is InChI=1S/C23H23FN4O2/c1-13-8-16(24)19(11-20(13)29)26-18-6-7-25-23-22(18)21(30)10-15-9-14(12-28(2)3)4-5-17(15)27-23/h4-9,11,29H,10,12H2,1-3H3,(H2,25,26,27). The van der Waals surface area contributed by atoms with E-state index in [1.165, 1.54) is 12.1 Å². The maximum Gasteiger partial charge on any atom is 0.173 e. The molecule has 1 aliphatic heterocycles. The molecular weight excluding hydrogens is 383 g/mol. The van der Waals surface area contributed by atoms with E-state index in [1.807, 2.05) is 32.3 Å². The number of Topliss-reactive ketones (excluding diaryl/α,β-unsaturated/α-hetero) is 1. The highest BCUT2D eigenvalue weighted by Crippen LogP contribution is 2.35. The molecule has 3 N–H and O–H groups in total. The first-order valence-corrected chi connectivity index (χ1v) is 9.63. The van der Waals surface area contributed by atoms with Gasteiger partial charge in [0.05, 0.1) is 16.9 Å². The Balaban J connectivity index is 1.71. The molecular formula is C23H23FN4O2. The number of aryl methyl sites for hydroxylation is 1. The molecule has 4 rings (SSSR count). The number of nitrogens with one attached hydrogen (secondary N) is 2. The number of aromatic hydroxyl groups is 1. The fourth-order valence-electron chi connectivity index (χ4n) is 3.61. The third-order valence-corrected chi connectivity index (χ3v) is 5.06. The van der Waals surface area contributed by atoms with Crippen LogP contribution >= 0.6 is 0 Å². The van der Waals surface area contributed by atoms with E-state index in [2.05, 4.69) is 20.5 Å². The lowest BCUT2D eigenvalue weighted by molar-refractivity contribution is 0.0995. The van der Waals surface area contributed by atoms with Crippen LogP contribution in [0, 0.1) is 12.7 Å². The lowest BCUT2D eigenvalue weighted by Gasteiger charge is -2.15. The van der Waals surface area contributed by atoms with E-state index in [4.69, 9.17) is 0 Å². The Morgan fingerprint density at radius 1 is 1.20 bits per heavy atom. The smallest absolute Gasteiger partial charge is 0.173 e. The summed E-state index contributed by atoms with van der Waals surface area (Å²) < 4.78 is 14.4. The molecule has 30 heavy (non-hydrogen) atoms. The lowest BCUT2D eigenvalue weighted by Crippen LogP contribution is -2.11. The number of anilines is 4. The number of aromatic nitrogens is 1. The van der Waals surface area contributed by atoms with Crippen molar-refractivity contribution < 1.29 is 14.3 Å². The van der Waals surface area contributed by atoms with Crippen LogP contribution < -0.4 is 10.6 Å². The average Bonchev–Trinajstić information content (AvgIpc) is 2.81. The van der Waals surface area contributed by atoms with Crippen molar-refractivity contribution in [3.05, 3.63) is 70.7 Å². The van der Waals surface area contributed by atoms with Gasteiger partial charge in [-0.2, -0.15) is 0 Å². The van der Waals surface area contributed by atoms with Crippen molar-refractivity contribution in [2.75, 3.05) is 24.7 Å². The lowest BCUT2D eigenvalue weighted by atomic mass is 10.0. The summed E-state index contributed by atoms with van der Waals surface area (Å²) >= 11 is 0. The number of nitrogens with zero attached hydrogens (tertiary/aromatic N) is 2. The first-order valence-electron chi connectivity index (χ1n) is 9.63. The second-order valence-corrected chi connectivity index (χ2v) is 7.78. The Kier molecular flexibility index (Phi) is 5.13. The number of phenolic OH excluding ortho intramolecular Hbond substituents is 1. The molecule has 0 bridgehead atoms. The van der Waals surface area contributed by atoms with Crippen LogP contribution in [0.4, 0.5) is 27.3 Å². The van der Waals surface area contributed by atoms with Crippen LogP contribution in [-0.2, 0) is 13.0 Å². The van der Waals surface area contributed by atoms with Crippen LogP contribution in [0.1, 0.15) is 27.0 Å².